The standard InChI is InChI=1S/C16H15N3S/c1-11-7-8-18-16(17)13(11)9-15-19-14(10-20-15)12-5-3-2-4-6-12/h2-8,10H,9H2,1H3,(H2,17,18). The van der Waals surface area contributed by atoms with Crippen LogP contribution in [-0.2, 0) is 6.42 Å². The molecule has 0 aliphatic carbocycles. The second-order valence-corrected chi connectivity index (χ2v) is 5.60. The van der Waals surface area contributed by atoms with Gasteiger partial charge in [0, 0.05) is 29.1 Å². The Labute approximate surface area is 122 Å². The Bertz CT molecular complexity index is 699. The van der Waals surface area contributed by atoms with E-state index in [4.69, 9.17) is 10.7 Å². The van der Waals surface area contributed by atoms with Crippen LogP contribution in [-0.4, -0.2) is 9.97 Å². The van der Waals surface area contributed by atoms with Crippen molar-refractivity contribution in [1.29, 1.82) is 0 Å². The van der Waals surface area contributed by atoms with Crippen molar-refractivity contribution in [2.75, 3.05) is 5.73 Å². The van der Waals surface area contributed by atoms with Gasteiger partial charge in [-0.3, -0.25) is 0 Å². The van der Waals surface area contributed by atoms with Crippen molar-refractivity contribution < 1.29 is 0 Å². The molecule has 3 rings (SSSR count). The Kier molecular flexibility index (Phi) is 3.48. The van der Waals surface area contributed by atoms with E-state index < -0.39 is 0 Å². The van der Waals surface area contributed by atoms with Crippen LogP contribution in [0.5, 0.6) is 0 Å². The van der Waals surface area contributed by atoms with E-state index >= 15 is 0 Å². The Morgan fingerprint density at radius 2 is 1.95 bits per heavy atom. The molecule has 0 saturated carbocycles. The number of nitrogens with zero attached hydrogens (tertiary/aromatic N) is 2. The van der Waals surface area contributed by atoms with Gasteiger partial charge in [-0.2, -0.15) is 0 Å². The number of aromatic nitrogens is 2. The Morgan fingerprint density at radius 3 is 2.70 bits per heavy atom. The Balaban J connectivity index is 1.88. The first-order valence-corrected chi connectivity index (χ1v) is 7.32. The van der Waals surface area contributed by atoms with Crippen molar-refractivity contribution in [3.8, 4) is 11.3 Å². The van der Waals surface area contributed by atoms with Crippen LogP contribution in [0.25, 0.3) is 11.3 Å². The van der Waals surface area contributed by atoms with Crippen molar-refractivity contribution in [2.45, 2.75) is 13.3 Å². The minimum absolute atomic E-state index is 0.599. The third kappa shape index (κ3) is 2.56. The zero-order valence-corrected chi connectivity index (χ0v) is 12.0. The number of hydrogen-bond donors (Lipinski definition) is 1. The van der Waals surface area contributed by atoms with Gasteiger partial charge in [-0.15, -0.1) is 11.3 Å². The number of hydrogen-bond acceptors (Lipinski definition) is 4. The molecule has 2 N–H and O–H groups in total. The molecule has 0 unspecified atom stereocenters. The fourth-order valence-corrected chi connectivity index (χ4v) is 2.94. The quantitative estimate of drug-likeness (QED) is 0.796. The molecule has 1 aromatic carbocycles. The van der Waals surface area contributed by atoms with Crippen molar-refractivity contribution in [3.05, 3.63) is 64.1 Å². The van der Waals surface area contributed by atoms with Crippen LogP contribution in [0.3, 0.4) is 0 Å². The highest BCUT2D eigenvalue weighted by molar-refractivity contribution is 7.10. The van der Waals surface area contributed by atoms with Crippen LogP contribution in [0.4, 0.5) is 5.82 Å². The Hall–Kier alpha value is -2.20. The van der Waals surface area contributed by atoms with Crippen LogP contribution >= 0.6 is 11.3 Å². The van der Waals surface area contributed by atoms with Gasteiger partial charge in [-0.25, -0.2) is 9.97 Å². The molecule has 0 fully saturated rings. The minimum atomic E-state index is 0.599. The largest absolute Gasteiger partial charge is 0.383 e. The lowest BCUT2D eigenvalue weighted by Crippen LogP contribution is -2.00. The van der Waals surface area contributed by atoms with Crippen molar-refractivity contribution in [2.24, 2.45) is 0 Å². The van der Waals surface area contributed by atoms with E-state index in [-0.39, 0.29) is 0 Å². The van der Waals surface area contributed by atoms with E-state index in [2.05, 4.69) is 29.4 Å². The fraction of sp³-hybridized carbons (Fsp3) is 0.125. The zero-order chi connectivity index (χ0) is 13.9. The van der Waals surface area contributed by atoms with Crippen LogP contribution in [0, 0.1) is 6.92 Å². The highest BCUT2D eigenvalue weighted by atomic mass is 32.1. The molecule has 4 heteroatoms. The normalized spacial score (nSPS) is 10.7. The van der Waals surface area contributed by atoms with Crippen molar-refractivity contribution in [1.82, 2.24) is 9.97 Å². The van der Waals surface area contributed by atoms with Gasteiger partial charge in [-0.05, 0) is 18.6 Å². The van der Waals surface area contributed by atoms with E-state index in [1.807, 2.05) is 24.3 Å². The summed E-state index contributed by atoms with van der Waals surface area (Å²) in [5.74, 6) is 0.599. The molecular weight excluding hydrogens is 266 g/mol. The molecule has 3 nitrogen and oxygen atoms in total. The number of nitrogens with two attached hydrogens (primary N) is 1. The first-order chi connectivity index (χ1) is 9.74. The first kappa shape index (κ1) is 12.8. The average molecular weight is 281 g/mol. The third-order valence-corrected chi connectivity index (χ3v) is 4.12. The number of anilines is 1. The molecule has 2 heterocycles. The lowest BCUT2D eigenvalue weighted by molar-refractivity contribution is 1.09. The number of aryl methyl sites for hydroxylation is 1. The van der Waals surface area contributed by atoms with Gasteiger partial charge in [0.05, 0.1) is 10.7 Å². The number of benzene rings is 1. The summed E-state index contributed by atoms with van der Waals surface area (Å²) < 4.78 is 0. The van der Waals surface area contributed by atoms with Crippen LogP contribution < -0.4 is 5.73 Å². The van der Waals surface area contributed by atoms with Gasteiger partial charge in [0.2, 0.25) is 0 Å². The van der Waals surface area contributed by atoms with Crippen molar-refractivity contribution >= 4 is 17.2 Å². The summed E-state index contributed by atoms with van der Waals surface area (Å²) in [6.07, 6.45) is 2.48. The molecule has 3 aromatic rings. The highest BCUT2D eigenvalue weighted by Crippen LogP contribution is 2.25. The molecule has 0 amide bonds. The van der Waals surface area contributed by atoms with Gasteiger partial charge in [-0.1, -0.05) is 30.3 Å². The van der Waals surface area contributed by atoms with E-state index in [0.717, 1.165) is 33.8 Å². The van der Waals surface area contributed by atoms with Gasteiger partial charge in [0.25, 0.3) is 0 Å². The smallest absolute Gasteiger partial charge is 0.127 e. The fourth-order valence-electron chi connectivity index (χ4n) is 2.12. The number of pyridine rings is 1. The molecule has 0 bridgehead atoms. The summed E-state index contributed by atoms with van der Waals surface area (Å²) in [4.78, 5) is 8.85. The highest BCUT2D eigenvalue weighted by Gasteiger charge is 2.09. The molecule has 0 saturated heterocycles. The molecule has 2 aromatic heterocycles. The first-order valence-electron chi connectivity index (χ1n) is 6.44. The van der Waals surface area contributed by atoms with Crippen LogP contribution in [0.2, 0.25) is 0 Å². The second-order valence-electron chi connectivity index (χ2n) is 4.66. The lowest BCUT2D eigenvalue weighted by Gasteiger charge is -2.05. The minimum Gasteiger partial charge on any atom is -0.383 e. The van der Waals surface area contributed by atoms with E-state index in [1.54, 1.807) is 17.5 Å². The predicted octanol–water partition coefficient (Wildman–Crippen LogP) is 3.69. The number of rotatable bonds is 3. The summed E-state index contributed by atoms with van der Waals surface area (Å²) >= 11 is 1.66. The maximum Gasteiger partial charge on any atom is 0.127 e. The molecule has 0 spiro atoms. The maximum absolute atomic E-state index is 5.95. The topological polar surface area (TPSA) is 51.8 Å². The maximum atomic E-state index is 5.95. The van der Waals surface area contributed by atoms with Gasteiger partial charge in [0.15, 0.2) is 0 Å². The summed E-state index contributed by atoms with van der Waals surface area (Å²) in [6, 6.07) is 12.2. The summed E-state index contributed by atoms with van der Waals surface area (Å²) in [7, 11) is 0. The van der Waals surface area contributed by atoms with Gasteiger partial charge in [0.1, 0.15) is 5.82 Å². The predicted molar refractivity (Wildman–Crippen MR) is 83.7 cm³/mol. The SMILES string of the molecule is Cc1ccnc(N)c1Cc1nc(-c2ccccc2)cs1. The monoisotopic (exact) mass is 281 g/mol. The lowest BCUT2D eigenvalue weighted by atomic mass is 10.1. The van der Waals surface area contributed by atoms with E-state index in [9.17, 15) is 0 Å². The van der Waals surface area contributed by atoms with Crippen LogP contribution in [0.15, 0.2) is 48.0 Å². The molecule has 0 radical (unpaired) electrons. The molecule has 20 heavy (non-hydrogen) atoms. The van der Waals surface area contributed by atoms with Crippen molar-refractivity contribution in [3.63, 3.8) is 0 Å². The zero-order valence-electron chi connectivity index (χ0n) is 11.2. The average Bonchev–Trinajstić information content (AvgIpc) is 2.93. The van der Waals surface area contributed by atoms with Gasteiger partial charge < -0.3 is 5.73 Å². The summed E-state index contributed by atoms with van der Waals surface area (Å²) in [6.45, 7) is 2.05. The summed E-state index contributed by atoms with van der Waals surface area (Å²) in [5.41, 5.74) is 10.3. The number of thiazole rings is 1. The molecule has 100 valence electrons. The summed E-state index contributed by atoms with van der Waals surface area (Å²) in [5, 5.41) is 3.15. The van der Waals surface area contributed by atoms with E-state index in [1.165, 1.54) is 0 Å². The van der Waals surface area contributed by atoms with Gasteiger partial charge >= 0.3 is 0 Å². The molecular formula is C16H15N3S. The second kappa shape index (κ2) is 5.43. The molecule has 0 aliphatic rings. The Morgan fingerprint density at radius 1 is 1.15 bits per heavy atom. The number of nitrogen functional groups attached to an aromatic ring is 1. The van der Waals surface area contributed by atoms with Crippen LogP contribution in [0.1, 0.15) is 16.1 Å². The molecule has 0 aliphatic heterocycles. The van der Waals surface area contributed by atoms with E-state index in [0.29, 0.717) is 5.82 Å². The molecule has 0 atom stereocenters. The third-order valence-electron chi connectivity index (χ3n) is 3.27.